The molecule has 2 rings (SSSR count). The van der Waals surface area contributed by atoms with Crippen molar-refractivity contribution in [1.29, 1.82) is 0 Å². The Hall–Kier alpha value is -1.95. The van der Waals surface area contributed by atoms with Crippen LogP contribution in [0.4, 0.5) is 8.78 Å². The van der Waals surface area contributed by atoms with Gasteiger partial charge >= 0.3 is 6.61 Å². The average Bonchev–Trinajstić information content (AvgIpc) is 2.77. The first-order valence-electron chi connectivity index (χ1n) is 5.80. The fourth-order valence-electron chi connectivity index (χ4n) is 1.62. The van der Waals surface area contributed by atoms with Crippen molar-refractivity contribution in [1.82, 2.24) is 10.5 Å². The van der Waals surface area contributed by atoms with Crippen LogP contribution in [0.3, 0.4) is 0 Å². The fourth-order valence-corrected chi connectivity index (χ4v) is 1.62. The second-order valence-corrected chi connectivity index (χ2v) is 4.06. The van der Waals surface area contributed by atoms with Crippen LogP contribution >= 0.6 is 0 Å². The van der Waals surface area contributed by atoms with E-state index in [1.54, 1.807) is 12.1 Å². The third-order valence-corrected chi connectivity index (χ3v) is 2.45. The topological polar surface area (TPSA) is 47.3 Å². The first-order chi connectivity index (χ1) is 9.13. The SMILES string of the molecule is Cc1cc(CNCc2ccc(OC(F)F)cc2)on1. The molecule has 1 heterocycles. The highest BCUT2D eigenvalue weighted by atomic mass is 19.3. The van der Waals surface area contributed by atoms with Gasteiger partial charge in [-0.1, -0.05) is 17.3 Å². The highest BCUT2D eigenvalue weighted by molar-refractivity contribution is 5.27. The highest BCUT2D eigenvalue weighted by Crippen LogP contribution is 2.14. The second-order valence-electron chi connectivity index (χ2n) is 4.06. The summed E-state index contributed by atoms with van der Waals surface area (Å²) in [6, 6.07) is 8.35. The third-order valence-electron chi connectivity index (χ3n) is 2.45. The van der Waals surface area contributed by atoms with Crippen molar-refractivity contribution >= 4 is 0 Å². The van der Waals surface area contributed by atoms with E-state index in [1.165, 1.54) is 12.1 Å². The molecule has 6 heteroatoms. The number of alkyl halides is 2. The summed E-state index contributed by atoms with van der Waals surface area (Å²) in [5.74, 6) is 0.916. The molecule has 0 saturated carbocycles. The van der Waals surface area contributed by atoms with E-state index in [4.69, 9.17) is 4.52 Å². The molecule has 0 aliphatic rings. The molecule has 0 atom stereocenters. The molecular formula is C13H14F2N2O2. The molecular weight excluding hydrogens is 254 g/mol. The molecule has 1 aromatic carbocycles. The quantitative estimate of drug-likeness (QED) is 0.875. The number of nitrogens with zero attached hydrogens (tertiary/aromatic N) is 1. The molecule has 19 heavy (non-hydrogen) atoms. The summed E-state index contributed by atoms with van der Waals surface area (Å²) in [5, 5.41) is 6.95. The zero-order valence-corrected chi connectivity index (χ0v) is 10.4. The molecule has 2 aromatic rings. The van der Waals surface area contributed by atoms with Gasteiger partial charge in [0.2, 0.25) is 0 Å². The van der Waals surface area contributed by atoms with Crippen molar-refractivity contribution in [2.24, 2.45) is 0 Å². The second kappa shape index (κ2) is 6.29. The maximum atomic E-state index is 12.0. The van der Waals surface area contributed by atoms with Crippen molar-refractivity contribution in [2.45, 2.75) is 26.6 Å². The van der Waals surface area contributed by atoms with Crippen molar-refractivity contribution in [3.05, 3.63) is 47.3 Å². The predicted octanol–water partition coefficient (Wildman–Crippen LogP) is 2.87. The van der Waals surface area contributed by atoms with Crippen LogP contribution < -0.4 is 10.1 Å². The third kappa shape index (κ3) is 4.33. The molecule has 1 aromatic heterocycles. The van der Waals surface area contributed by atoms with Gasteiger partial charge in [-0.15, -0.1) is 0 Å². The maximum absolute atomic E-state index is 12.0. The van der Waals surface area contributed by atoms with Gasteiger partial charge in [0.05, 0.1) is 12.2 Å². The van der Waals surface area contributed by atoms with Crippen molar-refractivity contribution in [2.75, 3.05) is 0 Å². The summed E-state index contributed by atoms with van der Waals surface area (Å²) >= 11 is 0. The van der Waals surface area contributed by atoms with Gasteiger partial charge in [0.15, 0.2) is 5.76 Å². The van der Waals surface area contributed by atoms with Crippen molar-refractivity contribution in [3.8, 4) is 5.75 Å². The number of hydrogen-bond acceptors (Lipinski definition) is 4. The number of hydrogen-bond donors (Lipinski definition) is 1. The Labute approximate surface area is 109 Å². The molecule has 0 fully saturated rings. The first-order valence-corrected chi connectivity index (χ1v) is 5.80. The molecule has 1 N–H and O–H groups in total. The number of ether oxygens (including phenoxy) is 1. The Balaban J connectivity index is 1.79. The van der Waals surface area contributed by atoms with E-state index in [0.717, 1.165) is 17.0 Å². The van der Waals surface area contributed by atoms with Gasteiger partial charge in [0.25, 0.3) is 0 Å². The summed E-state index contributed by atoms with van der Waals surface area (Å²) in [6.07, 6.45) is 0. The van der Waals surface area contributed by atoms with Gasteiger partial charge in [-0.25, -0.2) is 0 Å². The Morgan fingerprint density at radius 3 is 2.58 bits per heavy atom. The summed E-state index contributed by atoms with van der Waals surface area (Å²) in [5.41, 5.74) is 1.81. The summed E-state index contributed by atoms with van der Waals surface area (Å²) in [7, 11) is 0. The van der Waals surface area contributed by atoms with E-state index in [0.29, 0.717) is 13.1 Å². The number of aromatic nitrogens is 1. The van der Waals surface area contributed by atoms with Gasteiger partial charge in [0, 0.05) is 12.6 Å². The van der Waals surface area contributed by atoms with Gasteiger partial charge in [-0.05, 0) is 24.6 Å². The molecule has 0 radical (unpaired) electrons. The van der Waals surface area contributed by atoms with Gasteiger partial charge < -0.3 is 14.6 Å². The van der Waals surface area contributed by atoms with E-state index in [9.17, 15) is 8.78 Å². The summed E-state index contributed by atoms with van der Waals surface area (Å²) in [6.45, 7) is 0.234. The highest BCUT2D eigenvalue weighted by Gasteiger charge is 2.04. The molecule has 0 amide bonds. The lowest BCUT2D eigenvalue weighted by molar-refractivity contribution is -0.0498. The van der Waals surface area contributed by atoms with Crippen molar-refractivity contribution < 1.29 is 18.0 Å². The minimum atomic E-state index is -2.79. The molecule has 0 aliphatic heterocycles. The predicted molar refractivity (Wildman–Crippen MR) is 64.9 cm³/mol. The maximum Gasteiger partial charge on any atom is 0.387 e. The van der Waals surface area contributed by atoms with E-state index < -0.39 is 6.61 Å². The Morgan fingerprint density at radius 1 is 1.26 bits per heavy atom. The minimum absolute atomic E-state index is 0.157. The van der Waals surface area contributed by atoms with E-state index >= 15 is 0 Å². The van der Waals surface area contributed by atoms with E-state index in [-0.39, 0.29) is 5.75 Å². The lowest BCUT2D eigenvalue weighted by Gasteiger charge is -2.06. The van der Waals surface area contributed by atoms with Gasteiger partial charge in [-0.2, -0.15) is 8.78 Å². The van der Waals surface area contributed by atoms with Gasteiger partial charge in [-0.3, -0.25) is 0 Å². The van der Waals surface area contributed by atoms with Crippen LogP contribution in [0.1, 0.15) is 17.0 Å². The molecule has 0 saturated heterocycles. The monoisotopic (exact) mass is 268 g/mol. The zero-order chi connectivity index (χ0) is 13.7. The number of rotatable bonds is 6. The summed E-state index contributed by atoms with van der Waals surface area (Å²) in [4.78, 5) is 0. The van der Waals surface area contributed by atoms with E-state index in [1.807, 2.05) is 13.0 Å². The van der Waals surface area contributed by atoms with Crippen LogP contribution in [0.15, 0.2) is 34.9 Å². The molecule has 0 spiro atoms. The lowest BCUT2D eigenvalue weighted by atomic mass is 10.2. The standard InChI is InChI=1S/C13H14F2N2O2/c1-9-6-12(19-17-9)8-16-7-10-2-4-11(5-3-10)18-13(14)15/h2-6,13,16H,7-8H2,1H3. The zero-order valence-electron chi connectivity index (χ0n) is 10.4. The molecule has 0 aliphatic carbocycles. The molecule has 4 nitrogen and oxygen atoms in total. The minimum Gasteiger partial charge on any atom is -0.435 e. The van der Waals surface area contributed by atoms with Gasteiger partial charge in [0.1, 0.15) is 5.75 Å². The van der Waals surface area contributed by atoms with E-state index in [2.05, 4.69) is 15.2 Å². The van der Waals surface area contributed by atoms with Crippen LogP contribution in [0, 0.1) is 6.92 Å². The summed E-state index contributed by atoms with van der Waals surface area (Å²) < 4.78 is 33.2. The largest absolute Gasteiger partial charge is 0.435 e. The van der Waals surface area contributed by atoms with Crippen LogP contribution in [-0.2, 0) is 13.1 Å². The van der Waals surface area contributed by atoms with Crippen LogP contribution in [0.2, 0.25) is 0 Å². The Bertz CT molecular complexity index is 512. The molecule has 0 bridgehead atoms. The molecule has 0 unspecified atom stereocenters. The lowest BCUT2D eigenvalue weighted by Crippen LogP contribution is -2.12. The Morgan fingerprint density at radius 2 is 2.00 bits per heavy atom. The normalized spacial score (nSPS) is 10.9. The number of nitrogens with one attached hydrogen (secondary N) is 1. The average molecular weight is 268 g/mol. The fraction of sp³-hybridized carbons (Fsp3) is 0.308. The Kier molecular flexibility index (Phi) is 4.46. The number of aryl methyl sites for hydroxylation is 1. The van der Waals surface area contributed by atoms with Crippen LogP contribution in [0.5, 0.6) is 5.75 Å². The van der Waals surface area contributed by atoms with Crippen LogP contribution in [0.25, 0.3) is 0 Å². The van der Waals surface area contributed by atoms with Crippen LogP contribution in [-0.4, -0.2) is 11.8 Å². The smallest absolute Gasteiger partial charge is 0.387 e. The number of halogens is 2. The van der Waals surface area contributed by atoms with Crippen molar-refractivity contribution in [3.63, 3.8) is 0 Å². The first kappa shape index (κ1) is 13.5. The number of benzene rings is 1. The molecule has 102 valence electrons.